The molecule has 1 saturated heterocycles. The fraction of sp³-hybridized carbons (Fsp3) is 0.318. The van der Waals surface area contributed by atoms with E-state index in [2.05, 4.69) is 15.3 Å². The Labute approximate surface area is 182 Å². The predicted molar refractivity (Wildman–Crippen MR) is 114 cm³/mol. The summed E-state index contributed by atoms with van der Waals surface area (Å²) in [5.41, 5.74) is 1.65. The SMILES string of the molecule is COc1cc2ncnc(Nc3cccc(Cl)c3F)c2cc1CN1CC2CC2C1C(=O)O. The number of rotatable bonds is 6. The van der Waals surface area contributed by atoms with Crippen molar-refractivity contribution in [2.75, 3.05) is 19.0 Å². The molecule has 3 atom stereocenters. The number of anilines is 2. The molecule has 2 aromatic carbocycles. The van der Waals surface area contributed by atoms with Gasteiger partial charge in [-0.25, -0.2) is 14.4 Å². The summed E-state index contributed by atoms with van der Waals surface area (Å²) in [6.45, 7) is 1.19. The van der Waals surface area contributed by atoms with Crippen molar-refractivity contribution >= 4 is 40.0 Å². The molecule has 1 aromatic heterocycles. The van der Waals surface area contributed by atoms with Gasteiger partial charge in [-0.2, -0.15) is 0 Å². The number of fused-ring (bicyclic) bond motifs is 2. The zero-order valence-electron chi connectivity index (χ0n) is 16.7. The van der Waals surface area contributed by atoms with Gasteiger partial charge in [0.25, 0.3) is 0 Å². The highest BCUT2D eigenvalue weighted by atomic mass is 35.5. The van der Waals surface area contributed by atoms with Crippen molar-refractivity contribution in [1.29, 1.82) is 0 Å². The van der Waals surface area contributed by atoms with E-state index in [0.717, 1.165) is 18.5 Å². The summed E-state index contributed by atoms with van der Waals surface area (Å²) in [7, 11) is 1.57. The van der Waals surface area contributed by atoms with Crippen LogP contribution in [0.1, 0.15) is 12.0 Å². The van der Waals surface area contributed by atoms with E-state index in [1.807, 2.05) is 11.0 Å². The van der Waals surface area contributed by atoms with Gasteiger partial charge in [0, 0.05) is 30.1 Å². The molecule has 9 heteroatoms. The maximum Gasteiger partial charge on any atom is 0.321 e. The Morgan fingerprint density at radius 3 is 3.00 bits per heavy atom. The molecule has 1 saturated carbocycles. The largest absolute Gasteiger partial charge is 0.496 e. The zero-order valence-corrected chi connectivity index (χ0v) is 17.4. The molecule has 3 aromatic rings. The fourth-order valence-electron chi connectivity index (χ4n) is 4.54. The zero-order chi connectivity index (χ0) is 21.7. The second kappa shape index (κ2) is 7.62. The highest BCUT2D eigenvalue weighted by Gasteiger charge is 2.55. The van der Waals surface area contributed by atoms with Crippen LogP contribution < -0.4 is 10.1 Å². The Morgan fingerprint density at radius 2 is 2.23 bits per heavy atom. The number of hydrogen-bond acceptors (Lipinski definition) is 6. The fourth-order valence-corrected chi connectivity index (χ4v) is 4.72. The van der Waals surface area contributed by atoms with Crippen molar-refractivity contribution < 1.29 is 19.0 Å². The van der Waals surface area contributed by atoms with Crippen LogP contribution in [0.4, 0.5) is 15.9 Å². The summed E-state index contributed by atoms with van der Waals surface area (Å²) in [5.74, 6) is 0.385. The standard InChI is InChI=1S/C22H20ClFN4O3/c1-31-18-7-17-14(6-12(18)9-28-8-11-5-13(11)20(28)22(29)30)21(26-10-25-17)27-16-4-2-3-15(23)19(16)24/h2-4,6-7,10-11,13,20H,5,8-9H2,1H3,(H,29,30)(H,25,26,27). The number of piperidine rings is 1. The Hall–Kier alpha value is -2.97. The van der Waals surface area contributed by atoms with Crippen LogP contribution in [0.3, 0.4) is 0 Å². The Bertz CT molecular complexity index is 1190. The summed E-state index contributed by atoms with van der Waals surface area (Å²) < 4.78 is 20.0. The van der Waals surface area contributed by atoms with E-state index in [9.17, 15) is 14.3 Å². The minimum absolute atomic E-state index is 0.0121. The summed E-state index contributed by atoms with van der Waals surface area (Å²) in [4.78, 5) is 22.3. The third-order valence-corrected chi connectivity index (χ3v) is 6.41. The molecule has 160 valence electrons. The van der Waals surface area contributed by atoms with Gasteiger partial charge in [-0.3, -0.25) is 9.69 Å². The number of nitrogens with zero attached hydrogens (tertiary/aromatic N) is 3. The van der Waals surface area contributed by atoms with Gasteiger partial charge >= 0.3 is 5.97 Å². The molecule has 0 bridgehead atoms. The van der Waals surface area contributed by atoms with E-state index in [4.69, 9.17) is 16.3 Å². The molecule has 0 spiro atoms. The van der Waals surface area contributed by atoms with Gasteiger partial charge in [0.15, 0.2) is 5.82 Å². The number of hydrogen-bond donors (Lipinski definition) is 2. The molecule has 31 heavy (non-hydrogen) atoms. The molecule has 5 rings (SSSR count). The molecule has 7 nitrogen and oxygen atoms in total. The molecule has 2 aliphatic rings. The van der Waals surface area contributed by atoms with Crippen LogP contribution in [-0.4, -0.2) is 45.6 Å². The van der Waals surface area contributed by atoms with Gasteiger partial charge in [-0.05, 0) is 36.5 Å². The lowest BCUT2D eigenvalue weighted by molar-refractivity contribution is -0.143. The average molecular weight is 443 g/mol. The number of carboxylic acid groups (broad SMARTS) is 1. The second-order valence-electron chi connectivity index (χ2n) is 8.00. The minimum atomic E-state index is -0.785. The third-order valence-electron chi connectivity index (χ3n) is 6.11. The van der Waals surface area contributed by atoms with Crippen molar-refractivity contribution in [2.24, 2.45) is 11.8 Å². The first-order chi connectivity index (χ1) is 15.0. The van der Waals surface area contributed by atoms with Crippen LogP contribution in [0.5, 0.6) is 5.75 Å². The van der Waals surface area contributed by atoms with Gasteiger partial charge in [-0.1, -0.05) is 17.7 Å². The highest BCUT2D eigenvalue weighted by molar-refractivity contribution is 6.31. The first-order valence-electron chi connectivity index (χ1n) is 9.95. The molecule has 2 fully saturated rings. The third kappa shape index (κ3) is 3.55. The Morgan fingerprint density at radius 1 is 1.39 bits per heavy atom. The topological polar surface area (TPSA) is 87.6 Å². The Kier molecular flexibility index (Phi) is 4.91. The monoisotopic (exact) mass is 442 g/mol. The molecule has 1 aliphatic carbocycles. The van der Waals surface area contributed by atoms with Gasteiger partial charge in [0.2, 0.25) is 0 Å². The summed E-state index contributed by atoms with van der Waals surface area (Å²) in [6, 6.07) is 7.89. The number of likely N-dealkylation sites (tertiary alicyclic amines) is 1. The lowest BCUT2D eigenvalue weighted by Crippen LogP contribution is -2.38. The maximum atomic E-state index is 14.4. The molecule has 2 heterocycles. The van der Waals surface area contributed by atoms with E-state index in [1.165, 1.54) is 12.4 Å². The number of carbonyl (C=O) groups is 1. The van der Waals surface area contributed by atoms with Crippen LogP contribution in [0.25, 0.3) is 10.9 Å². The molecular weight excluding hydrogens is 423 g/mol. The second-order valence-corrected chi connectivity index (χ2v) is 8.41. The van der Waals surface area contributed by atoms with Crippen LogP contribution in [-0.2, 0) is 11.3 Å². The first kappa shape index (κ1) is 20.0. The lowest BCUT2D eigenvalue weighted by atomic mass is 10.1. The molecule has 0 amide bonds. The molecule has 2 N–H and O–H groups in total. The van der Waals surface area contributed by atoms with E-state index in [0.29, 0.717) is 34.9 Å². The number of methoxy groups -OCH3 is 1. The van der Waals surface area contributed by atoms with E-state index in [-0.39, 0.29) is 16.6 Å². The van der Waals surface area contributed by atoms with E-state index in [1.54, 1.807) is 25.3 Å². The molecular formula is C22H20ClFN4O3. The highest BCUT2D eigenvalue weighted by Crippen LogP contribution is 2.50. The predicted octanol–water partition coefficient (Wildman–Crippen LogP) is 4.08. The number of nitrogens with one attached hydrogen (secondary N) is 1. The van der Waals surface area contributed by atoms with Crippen LogP contribution in [0, 0.1) is 17.7 Å². The van der Waals surface area contributed by atoms with Crippen molar-refractivity contribution in [3.05, 3.63) is 53.1 Å². The summed E-state index contributed by atoms with van der Waals surface area (Å²) >= 11 is 5.89. The Balaban J connectivity index is 1.52. The van der Waals surface area contributed by atoms with Gasteiger partial charge in [-0.15, -0.1) is 0 Å². The quantitative estimate of drug-likeness (QED) is 0.594. The minimum Gasteiger partial charge on any atom is -0.496 e. The van der Waals surface area contributed by atoms with E-state index < -0.39 is 17.8 Å². The molecule has 1 aliphatic heterocycles. The number of halogens is 2. The van der Waals surface area contributed by atoms with Crippen molar-refractivity contribution in [1.82, 2.24) is 14.9 Å². The maximum absolute atomic E-state index is 14.4. The van der Waals surface area contributed by atoms with E-state index >= 15 is 0 Å². The molecule has 0 radical (unpaired) electrons. The number of carboxylic acids is 1. The normalized spacial score (nSPS) is 22.4. The van der Waals surface area contributed by atoms with Crippen molar-refractivity contribution in [3.63, 3.8) is 0 Å². The number of benzene rings is 2. The first-order valence-corrected chi connectivity index (χ1v) is 10.3. The lowest BCUT2D eigenvalue weighted by Gasteiger charge is -2.25. The smallest absolute Gasteiger partial charge is 0.321 e. The van der Waals surface area contributed by atoms with Gasteiger partial charge in [0.1, 0.15) is 23.9 Å². The van der Waals surface area contributed by atoms with Gasteiger partial charge in [0.05, 0.1) is 23.3 Å². The number of ether oxygens (including phenoxy) is 1. The number of aliphatic carboxylic acids is 1. The molecule has 3 unspecified atom stereocenters. The van der Waals surface area contributed by atoms with Crippen molar-refractivity contribution in [2.45, 2.75) is 19.0 Å². The van der Waals surface area contributed by atoms with Crippen LogP contribution >= 0.6 is 11.6 Å². The van der Waals surface area contributed by atoms with Gasteiger partial charge < -0.3 is 15.2 Å². The number of aromatic nitrogens is 2. The average Bonchev–Trinajstić information content (AvgIpc) is 3.40. The van der Waals surface area contributed by atoms with Crippen molar-refractivity contribution in [3.8, 4) is 5.75 Å². The summed E-state index contributed by atoms with van der Waals surface area (Å²) in [5, 5.41) is 13.3. The van der Waals surface area contributed by atoms with Crippen LogP contribution in [0.2, 0.25) is 5.02 Å². The van der Waals surface area contributed by atoms with Crippen LogP contribution in [0.15, 0.2) is 36.7 Å². The summed E-state index contributed by atoms with van der Waals surface area (Å²) in [6.07, 6.45) is 2.37.